The molecule has 0 saturated carbocycles. The van der Waals surface area contributed by atoms with E-state index in [1.165, 1.54) is 7.05 Å². The highest BCUT2D eigenvalue weighted by Crippen LogP contribution is 2.00. The molecule has 1 aromatic rings. The van der Waals surface area contributed by atoms with Gasteiger partial charge in [0, 0.05) is 17.5 Å². The summed E-state index contributed by atoms with van der Waals surface area (Å²) in [6.45, 7) is 3.51. The quantitative estimate of drug-likeness (QED) is 0.567. The molecule has 0 aliphatic heterocycles. The highest BCUT2D eigenvalue weighted by atomic mass is 32.1. The van der Waals surface area contributed by atoms with Crippen molar-refractivity contribution in [2.24, 2.45) is 7.05 Å². The first-order chi connectivity index (χ1) is 5.04. The average molecular weight is 171 g/mol. The SMILES string of the molecule is Cc1sc(=O)n(C)c(=O)c1C. The molecule has 3 nitrogen and oxygen atoms in total. The number of nitrogens with zero attached hydrogens (tertiary/aromatic N) is 1. The van der Waals surface area contributed by atoms with Gasteiger partial charge in [-0.2, -0.15) is 0 Å². The molecule has 1 aromatic heterocycles. The van der Waals surface area contributed by atoms with Crippen LogP contribution in [0.25, 0.3) is 0 Å². The Morgan fingerprint density at radius 1 is 1.27 bits per heavy atom. The van der Waals surface area contributed by atoms with Crippen molar-refractivity contribution in [1.29, 1.82) is 0 Å². The van der Waals surface area contributed by atoms with Crippen LogP contribution in [0.1, 0.15) is 10.4 Å². The van der Waals surface area contributed by atoms with Crippen molar-refractivity contribution in [1.82, 2.24) is 4.57 Å². The molecule has 11 heavy (non-hydrogen) atoms. The van der Waals surface area contributed by atoms with E-state index in [1.807, 2.05) is 0 Å². The van der Waals surface area contributed by atoms with Gasteiger partial charge in [-0.05, 0) is 13.8 Å². The molecule has 0 radical (unpaired) electrons. The maximum absolute atomic E-state index is 11.2. The Hall–Kier alpha value is -0.900. The Morgan fingerprint density at radius 2 is 1.82 bits per heavy atom. The van der Waals surface area contributed by atoms with Crippen molar-refractivity contribution in [3.8, 4) is 0 Å². The van der Waals surface area contributed by atoms with Gasteiger partial charge in [0.2, 0.25) is 0 Å². The molecule has 0 bridgehead atoms. The van der Waals surface area contributed by atoms with E-state index in [0.717, 1.165) is 20.8 Å². The minimum Gasteiger partial charge on any atom is -0.269 e. The summed E-state index contributed by atoms with van der Waals surface area (Å²) in [4.78, 5) is 22.8. The first kappa shape index (κ1) is 8.20. The topological polar surface area (TPSA) is 39.1 Å². The number of aryl methyl sites for hydroxylation is 1. The van der Waals surface area contributed by atoms with Gasteiger partial charge in [-0.1, -0.05) is 11.3 Å². The van der Waals surface area contributed by atoms with Crippen LogP contribution in [-0.4, -0.2) is 4.57 Å². The largest absolute Gasteiger partial charge is 0.309 e. The lowest BCUT2D eigenvalue weighted by atomic mass is 10.3. The summed E-state index contributed by atoms with van der Waals surface area (Å²) in [6, 6.07) is 0. The third-order valence-electron chi connectivity index (χ3n) is 1.67. The molecule has 1 rings (SSSR count). The van der Waals surface area contributed by atoms with Crippen molar-refractivity contribution in [2.75, 3.05) is 0 Å². The number of hydrogen-bond acceptors (Lipinski definition) is 3. The predicted octanol–water partition coefficient (Wildman–Crippen LogP) is 0.424. The van der Waals surface area contributed by atoms with Crippen LogP contribution in [0.2, 0.25) is 0 Å². The molecule has 1 heterocycles. The molecule has 4 heteroatoms. The smallest absolute Gasteiger partial charge is 0.269 e. The monoisotopic (exact) mass is 171 g/mol. The average Bonchev–Trinajstić information content (AvgIpc) is 1.97. The Labute approximate surface area is 67.9 Å². The number of hydrogen-bond donors (Lipinski definition) is 0. The molecule has 0 amide bonds. The molecule has 0 aromatic carbocycles. The molecular formula is C7H9NO2S. The third kappa shape index (κ3) is 1.26. The summed E-state index contributed by atoms with van der Waals surface area (Å²) in [7, 11) is 1.49. The first-order valence-corrected chi connectivity index (χ1v) is 4.03. The van der Waals surface area contributed by atoms with Gasteiger partial charge in [-0.15, -0.1) is 0 Å². The van der Waals surface area contributed by atoms with Crippen LogP contribution in [0.15, 0.2) is 9.59 Å². The number of rotatable bonds is 0. The molecule has 0 N–H and O–H groups in total. The fourth-order valence-corrected chi connectivity index (χ4v) is 1.48. The second-order valence-corrected chi connectivity index (χ2v) is 3.58. The van der Waals surface area contributed by atoms with Gasteiger partial charge in [0.1, 0.15) is 0 Å². The zero-order valence-electron chi connectivity index (χ0n) is 6.67. The van der Waals surface area contributed by atoms with Crippen molar-refractivity contribution < 1.29 is 0 Å². The van der Waals surface area contributed by atoms with E-state index in [-0.39, 0.29) is 10.4 Å². The normalized spacial score (nSPS) is 10.1. The molecule has 60 valence electrons. The third-order valence-corrected chi connectivity index (χ3v) is 2.73. The van der Waals surface area contributed by atoms with E-state index < -0.39 is 0 Å². The molecule has 0 aliphatic rings. The fourth-order valence-electron chi connectivity index (χ4n) is 0.761. The minimum atomic E-state index is -0.196. The molecule has 0 atom stereocenters. The molecular weight excluding hydrogens is 162 g/mol. The van der Waals surface area contributed by atoms with Gasteiger partial charge >= 0.3 is 4.87 Å². The molecule has 0 saturated heterocycles. The Morgan fingerprint density at radius 3 is 2.36 bits per heavy atom. The van der Waals surface area contributed by atoms with Crippen LogP contribution in [0.3, 0.4) is 0 Å². The van der Waals surface area contributed by atoms with Crippen LogP contribution in [0.4, 0.5) is 0 Å². The Kier molecular flexibility index (Phi) is 1.95. The van der Waals surface area contributed by atoms with Gasteiger partial charge in [0.15, 0.2) is 0 Å². The van der Waals surface area contributed by atoms with E-state index in [1.54, 1.807) is 13.8 Å². The second kappa shape index (κ2) is 2.62. The highest BCUT2D eigenvalue weighted by molar-refractivity contribution is 7.09. The lowest BCUT2D eigenvalue weighted by Crippen LogP contribution is -2.30. The highest BCUT2D eigenvalue weighted by Gasteiger charge is 2.03. The number of aromatic nitrogens is 1. The zero-order valence-corrected chi connectivity index (χ0v) is 7.49. The van der Waals surface area contributed by atoms with Crippen molar-refractivity contribution in [3.63, 3.8) is 0 Å². The molecule has 0 spiro atoms. The summed E-state index contributed by atoms with van der Waals surface area (Å²) in [6.07, 6.45) is 0. The summed E-state index contributed by atoms with van der Waals surface area (Å²) in [5.41, 5.74) is 0.475. The predicted molar refractivity (Wildman–Crippen MR) is 45.3 cm³/mol. The van der Waals surface area contributed by atoms with Gasteiger partial charge < -0.3 is 0 Å². The van der Waals surface area contributed by atoms with Gasteiger partial charge in [-0.25, -0.2) is 0 Å². The Bertz CT molecular complexity index is 388. The van der Waals surface area contributed by atoms with Crippen molar-refractivity contribution >= 4 is 11.3 Å². The van der Waals surface area contributed by atoms with Crippen molar-refractivity contribution in [3.05, 3.63) is 30.5 Å². The summed E-state index contributed by atoms with van der Waals surface area (Å²) >= 11 is 1.11. The van der Waals surface area contributed by atoms with E-state index in [9.17, 15) is 9.59 Å². The summed E-state index contributed by atoms with van der Waals surface area (Å²) in [5.74, 6) is 0. The van der Waals surface area contributed by atoms with E-state index >= 15 is 0 Å². The molecule has 0 fully saturated rings. The maximum Gasteiger partial charge on any atom is 0.309 e. The van der Waals surface area contributed by atoms with Gasteiger partial charge in [0.05, 0.1) is 0 Å². The Balaban J connectivity index is 3.74. The van der Waals surface area contributed by atoms with E-state index in [4.69, 9.17) is 0 Å². The minimum absolute atomic E-state index is 0.189. The van der Waals surface area contributed by atoms with Crippen LogP contribution in [-0.2, 0) is 7.05 Å². The first-order valence-electron chi connectivity index (χ1n) is 3.21. The van der Waals surface area contributed by atoms with Crippen LogP contribution >= 0.6 is 11.3 Å². The molecule has 0 unspecified atom stereocenters. The van der Waals surface area contributed by atoms with Crippen molar-refractivity contribution in [2.45, 2.75) is 13.8 Å². The lowest BCUT2D eigenvalue weighted by molar-refractivity contribution is 0.831. The van der Waals surface area contributed by atoms with Gasteiger partial charge in [-0.3, -0.25) is 14.2 Å². The standard InChI is InChI=1S/C7H9NO2S/c1-4-5(2)11-7(10)8(3)6(4)9/h1-3H3. The van der Waals surface area contributed by atoms with E-state index in [0.29, 0.717) is 5.56 Å². The van der Waals surface area contributed by atoms with Crippen LogP contribution in [0.5, 0.6) is 0 Å². The summed E-state index contributed by atoms with van der Waals surface area (Å²) in [5, 5.41) is 0. The maximum atomic E-state index is 11.2. The zero-order chi connectivity index (χ0) is 8.59. The second-order valence-electron chi connectivity index (χ2n) is 2.41. The van der Waals surface area contributed by atoms with Crippen LogP contribution < -0.4 is 10.4 Å². The fraction of sp³-hybridized carbons (Fsp3) is 0.429. The summed E-state index contributed by atoms with van der Waals surface area (Å²) < 4.78 is 1.13. The molecule has 0 aliphatic carbocycles. The lowest BCUT2D eigenvalue weighted by Gasteiger charge is -1.98. The van der Waals surface area contributed by atoms with E-state index in [2.05, 4.69) is 0 Å². The van der Waals surface area contributed by atoms with Crippen LogP contribution in [0, 0.1) is 13.8 Å². The van der Waals surface area contributed by atoms with Gasteiger partial charge in [0.25, 0.3) is 5.56 Å².